The summed E-state index contributed by atoms with van der Waals surface area (Å²) < 4.78 is 0. The predicted molar refractivity (Wildman–Crippen MR) is 49.4 cm³/mol. The summed E-state index contributed by atoms with van der Waals surface area (Å²) in [6.45, 7) is 0.795. The highest BCUT2D eigenvalue weighted by molar-refractivity contribution is 4.89. The van der Waals surface area contributed by atoms with Gasteiger partial charge in [-0.05, 0) is 31.7 Å². The highest BCUT2D eigenvalue weighted by Crippen LogP contribution is 2.24. The lowest BCUT2D eigenvalue weighted by Crippen LogP contribution is -2.03. The smallest absolute Gasteiger partial charge is 0.00426 e. The first kappa shape index (κ1) is 8.79. The minimum Gasteiger partial charge on any atom is -0.330 e. The number of hydrogen-bond acceptors (Lipinski definition) is 1. The SMILES string of the molecule is NCC/C=C/C1CCCCC1. The highest BCUT2D eigenvalue weighted by atomic mass is 14.5. The Labute approximate surface area is 69.7 Å². The Kier molecular flexibility index (Phi) is 4.29. The molecule has 1 fully saturated rings. The van der Waals surface area contributed by atoms with E-state index in [0.717, 1.165) is 18.9 Å². The van der Waals surface area contributed by atoms with Crippen LogP contribution in [0, 0.1) is 5.92 Å². The van der Waals surface area contributed by atoms with Crippen LogP contribution in [-0.4, -0.2) is 6.54 Å². The minimum atomic E-state index is 0.795. The molecule has 1 nitrogen and oxygen atoms in total. The molecular formula is C10H19N. The van der Waals surface area contributed by atoms with Gasteiger partial charge in [0.15, 0.2) is 0 Å². The molecule has 0 heterocycles. The van der Waals surface area contributed by atoms with Crippen molar-refractivity contribution in [3.05, 3.63) is 12.2 Å². The molecule has 0 aromatic rings. The Morgan fingerprint density at radius 2 is 1.91 bits per heavy atom. The molecule has 0 bridgehead atoms. The molecule has 0 saturated heterocycles. The van der Waals surface area contributed by atoms with Crippen molar-refractivity contribution >= 4 is 0 Å². The summed E-state index contributed by atoms with van der Waals surface area (Å²) in [7, 11) is 0. The van der Waals surface area contributed by atoms with Crippen LogP contribution in [0.2, 0.25) is 0 Å². The summed E-state index contributed by atoms with van der Waals surface area (Å²) in [5, 5.41) is 0. The average molecular weight is 153 g/mol. The Morgan fingerprint density at radius 3 is 2.55 bits per heavy atom. The topological polar surface area (TPSA) is 26.0 Å². The highest BCUT2D eigenvalue weighted by Gasteiger charge is 2.08. The van der Waals surface area contributed by atoms with E-state index in [2.05, 4.69) is 12.2 Å². The number of hydrogen-bond donors (Lipinski definition) is 1. The number of nitrogens with two attached hydrogens (primary N) is 1. The second-order valence-corrected chi connectivity index (χ2v) is 3.40. The van der Waals surface area contributed by atoms with Crippen molar-refractivity contribution in [2.45, 2.75) is 38.5 Å². The third kappa shape index (κ3) is 3.57. The largest absolute Gasteiger partial charge is 0.330 e. The molecule has 0 aromatic heterocycles. The average Bonchev–Trinajstić information content (AvgIpc) is 2.07. The van der Waals surface area contributed by atoms with E-state index in [1.807, 2.05) is 0 Å². The zero-order chi connectivity index (χ0) is 7.94. The van der Waals surface area contributed by atoms with Gasteiger partial charge < -0.3 is 5.73 Å². The summed E-state index contributed by atoms with van der Waals surface area (Å²) in [4.78, 5) is 0. The van der Waals surface area contributed by atoms with Gasteiger partial charge in [0, 0.05) is 0 Å². The molecule has 1 heteroatoms. The predicted octanol–water partition coefficient (Wildman–Crippen LogP) is 2.47. The lowest BCUT2D eigenvalue weighted by molar-refractivity contribution is 0.419. The summed E-state index contributed by atoms with van der Waals surface area (Å²) in [5.41, 5.74) is 5.39. The van der Waals surface area contributed by atoms with Gasteiger partial charge in [-0.3, -0.25) is 0 Å². The van der Waals surface area contributed by atoms with Crippen molar-refractivity contribution in [3.63, 3.8) is 0 Å². The van der Waals surface area contributed by atoms with E-state index >= 15 is 0 Å². The molecule has 0 spiro atoms. The van der Waals surface area contributed by atoms with Gasteiger partial charge in [0.1, 0.15) is 0 Å². The number of allylic oxidation sites excluding steroid dienone is 1. The fourth-order valence-corrected chi connectivity index (χ4v) is 1.71. The van der Waals surface area contributed by atoms with E-state index < -0.39 is 0 Å². The van der Waals surface area contributed by atoms with Crippen molar-refractivity contribution in [1.29, 1.82) is 0 Å². The molecule has 0 aliphatic heterocycles. The molecule has 0 amide bonds. The van der Waals surface area contributed by atoms with Crippen molar-refractivity contribution in [1.82, 2.24) is 0 Å². The van der Waals surface area contributed by atoms with Crippen LogP contribution in [0.5, 0.6) is 0 Å². The molecule has 1 saturated carbocycles. The van der Waals surface area contributed by atoms with Gasteiger partial charge in [0.05, 0.1) is 0 Å². The Balaban J connectivity index is 2.13. The molecule has 0 atom stereocenters. The molecular weight excluding hydrogens is 134 g/mol. The molecule has 2 N–H and O–H groups in total. The zero-order valence-corrected chi connectivity index (χ0v) is 7.26. The summed E-state index contributed by atoms with van der Waals surface area (Å²) in [6, 6.07) is 0. The molecule has 1 aliphatic carbocycles. The Bertz CT molecular complexity index is 112. The van der Waals surface area contributed by atoms with Gasteiger partial charge in [-0.1, -0.05) is 31.4 Å². The van der Waals surface area contributed by atoms with Crippen LogP contribution in [0.3, 0.4) is 0 Å². The molecule has 1 aliphatic rings. The Morgan fingerprint density at radius 1 is 1.18 bits per heavy atom. The molecule has 0 radical (unpaired) electrons. The van der Waals surface area contributed by atoms with Gasteiger partial charge in [-0.2, -0.15) is 0 Å². The quantitative estimate of drug-likeness (QED) is 0.619. The third-order valence-electron chi connectivity index (χ3n) is 2.39. The zero-order valence-electron chi connectivity index (χ0n) is 7.26. The normalized spacial score (nSPS) is 21.2. The minimum absolute atomic E-state index is 0.795. The summed E-state index contributed by atoms with van der Waals surface area (Å²) >= 11 is 0. The van der Waals surface area contributed by atoms with Crippen LogP contribution < -0.4 is 5.73 Å². The second kappa shape index (κ2) is 5.36. The molecule has 0 unspecified atom stereocenters. The first-order chi connectivity index (χ1) is 5.43. The van der Waals surface area contributed by atoms with Crippen LogP contribution in [0.4, 0.5) is 0 Å². The molecule has 1 rings (SSSR count). The van der Waals surface area contributed by atoms with Gasteiger partial charge >= 0.3 is 0 Å². The van der Waals surface area contributed by atoms with E-state index in [-0.39, 0.29) is 0 Å². The van der Waals surface area contributed by atoms with E-state index in [9.17, 15) is 0 Å². The monoisotopic (exact) mass is 153 g/mol. The molecule has 11 heavy (non-hydrogen) atoms. The molecule has 0 aromatic carbocycles. The maximum Gasteiger partial charge on any atom is -0.00426 e. The van der Waals surface area contributed by atoms with Crippen molar-refractivity contribution in [2.24, 2.45) is 11.7 Å². The van der Waals surface area contributed by atoms with Crippen molar-refractivity contribution in [2.75, 3.05) is 6.54 Å². The van der Waals surface area contributed by atoms with Gasteiger partial charge in [0.25, 0.3) is 0 Å². The van der Waals surface area contributed by atoms with Gasteiger partial charge in [0.2, 0.25) is 0 Å². The van der Waals surface area contributed by atoms with Crippen LogP contribution in [-0.2, 0) is 0 Å². The van der Waals surface area contributed by atoms with E-state index in [1.165, 1.54) is 32.1 Å². The fraction of sp³-hybridized carbons (Fsp3) is 0.800. The van der Waals surface area contributed by atoms with E-state index in [0.29, 0.717) is 0 Å². The first-order valence-electron chi connectivity index (χ1n) is 4.80. The summed E-state index contributed by atoms with van der Waals surface area (Å²) in [5.74, 6) is 0.871. The van der Waals surface area contributed by atoms with Crippen LogP contribution in [0.25, 0.3) is 0 Å². The van der Waals surface area contributed by atoms with E-state index in [1.54, 1.807) is 0 Å². The maximum atomic E-state index is 5.39. The van der Waals surface area contributed by atoms with Crippen LogP contribution >= 0.6 is 0 Å². The van der Waals surface area contributed by atoms with Gasteiger partial charge in [-0.25, -0.2) is 0 Å². The van der Waals surface area contributed by atoms with Crippen LogP contribution in [0.1, 0.15) is 38.5 Å². The first-order valence-corrected chi connectivity index (χ1v) is 4.80. The lowest BCUT2D eigenvalue weighted by atomic mass is 9.89. The van der Waals surface area contributed by atoms with Gasteiger partial charge in [-0.15, -0.1) is 0 Å². The second-order valence-electron chi connectivity index (χ2n) is 3.40. The fourth-order valence-electron chi connectivity index (χ4n) is 1.71. The Hall–Kier alpha value is -0.300. The molecule has 64 valence electrons. The van der Waals surface area contributed by atoms with E-state index in [4.69, 9.17) is 5.73 Å². The van der Waals surface area contributed by atoms with Crippen LogP contribution in [0.15, 0.2) is 12.2 Å². The summed E-state index contributed by atoms with van der Waals surface area (Å²) in [6.07, 6.45) is 12.8. The number of rotatable bonds is 3. The maximum absolute atomic E-state index is 5.39. The third-order valence-corrected chi connectivity index (χ3v) is 2.39. The van der Waals surface area contributed by atoms with Crippen molar-refractivity contribution < 1.29 is 0 Å². The van der Waals surface area contributed by atoms with Crippen molar-refractivity contribution in [3.8, 4) is 0 Å². The lowest BCUT2D eigenvalue weighted by Gasteiger charge is -2.17. The standard InChI is InChI=1S/C10H19N/c11-9-5-4-8-10-6-2-1-3-7-10/h4,8,10H,1-3,5-7,9,11H2/b8-4+.